The molecule has 1 saturated carbocycles. The Morgan fingerprint density at radius 3 is 1.31 bits per heavy atom. The smallest absolute Gasteiger partial charge is 0.177 e. The van der Waals surface area contributed by atoms with Gasteiger partial charge in [-0.2, -0.15) is 10.2 Å². The van der Waals surface area contributed by atoms with Crippen molar-refractivity contribution in [3.63, 3.8) is 0 Å². The first-order valence-corrected chi connectivity index (χ1v) is 50.5. The maximum Gasteiger partial charge on any atom is 0.177 e. The van der Waals surface area contributed by atoms with Gasteiger partial charge in [0.1, 0.15) is 17.1 Å². The highest BCUT2D eigenvalue weighted by molar-refractivity contribution is 7.23. The van der Waals surface area contributed by atoms with Crippen LogP contribution in [0.25, 0.3) is 168 Å². The van der Waals surface area contributed by atoms with Gasteiger partial charge in [-0.15, -0.1) is 49.3 Å². The number of H-pyrrole nitrogens is 3. The number of piperazine rings is 1. The maximum absolute atomic E-state index is 6.10. The van der Waals surface area contributed by atoms with Crippen LogP contribution < -0.4 is 21.3 Å². The molecule has 29 heteroatoms. The Labute approximate surface area is 842 Å². The Morgan fingerprint density at radius 1 is 0.343 bits per heavy atom. The molecule has 24 nitrogen and oxygen atoms in total. The fourth-order valence-corrected chi connectivity index (χ4v) is 21.5. The van der Waals surface area contributed by atoms with E-state index in [2.05, 4.69) is 318 Å². The summed E-state index contributed by atoms with van der Waals surface area (Å²) in [6, 6.07) is 105. The molecule has 143 heavy (non-hydrogen) atoms. The lowest BCUT2D eigenvalue weighted by molar-refractivity contribution is 0.148. The van der Waals surface area contributed by atoms with Crippen LogP contribution in [-0.2, 0) is 6.54 Å². The van der Waals surface area contributed by atoms with Gasteiger partial charge in [0.25, 0.3) is 0 Å². The average molecular weight is 1970 g/mol. The molecule has 26 aromatic rings. The summed E-state index contributed by atoms with van der Waals surface area (Å²) in [4.78, 5) is 40.9. The number of benzene rings is 10. The minimum atomic E-state index is 0.497. The number of hydrogen-bond donors (Lipinski definition) is 7. The number of aromatic amines is 3. The SMILES string of the molecule is CN1CCN(Cc2ccc(-c3ccc4ncc(-c5ccc6[nH]ccc6c5)n4n3)cc2)CC1.Cc1ccc(Nc2cc(NC3CC3)c3ncc(-c4cc5ccccc5s4)n3n2)cc1C.Cc1cccc(Nc2ccc3ncc(-c4cc5ccccc5s4)n3n2)c1.Clc1ccc(Nc2ccc3ncc(-c4cc5ccccc5s4)n3n2)cc1Cl.c1cc2cc(-c3ccc4ncc(-c5ccc6[nH]ccc6c5)n4n3)ccc2[nH]1. The molecule has 0 unspecified atom stereocenters. The lowest BCUT2D eigenvalue weighted by Gasteiger charge is -2.32. The quantitative estimate of drug-likeness (QED) is 0.0447. The van der Waals surface area contributed by atoms with Gasteiger partial charge in [0.05, 0.1) is 84.1 Å². The van der Waals surface area contributed by atoms with Crippen molar-refractivity contribution in [2.75, 3.05) is 54.5 Å². The van der Waals surface area contributed by atoms with E-state index in [1.165, 1.54) is 91.3 Å². The standard InChI is InChI=1S/C26H26N6.C25H23N5S.C22H15N5.C21H16N4S.C20H12Cl2N4S/c1-30-12-14-31(15-13-30)18-19-2-4-20(5-3-19)24-8-9-26-28-17-25(32(26)29-24)22-6-7-23-21(16-22)10-11-27-23;1-15-7-8-19(11-16(15)2)28-24-13-20(27-18-9-10-18)25-26-14-21(30(25)29-24)23-12-17-5-3-4-6-22(17)31-23;1-3-18-15(7-9-23-18)11-14(1)20-5-6-22-25-13-21(27(22)26-20)17-2-4-19-16(12-17)8-10-24-19;1-14-5-4-7-16(11-14)23-20-9-10-21-22-13-17(25(21)24-20)19-12-15-6-2-3-8-18(15)26-19;21-14-6-5-13(10-15(14)22)24-19-7-8-20-23-11-16(26(20)25-19)18-9-12-3-1-2-4-17(12)27-18/h2-11,16-17,27H,12-15,18H2,1H3;3-8,11-14,18,27H,9-10H2,1-2H3,(H,28,29);1-13,23-24H;2-13H,1H3,(H,23,24);1-11H,(H,24,25). The second-order valence-electron chi connectivity index (χ2n) is 36.0. The first-order valence-electron chi connectivity index (χ1n) is 47.3. The van der Waals surface area contributed by atoms with Gasteiger partial charge in [-0.05, 0) is 261 Å². The summed E-state index contributed by atoms with van der Waals surface area (Å²) in [5, 5.41) is 46.2. The predicted molar refractivity (Wildman–Crippen MR) is 588 cm³/mol. The van der Waals surface area contributed by atoms with E-state index >= 15 is 0 Å². The number of imidazole rings is 5. The largest absolute Gasteiger partial charge is 0.379 e. The molecule has 700 valence electrons. The molecular weight excluding hydrogens is 1870 g/mol. The van der Waals surface area contributed by atoms with Crippen molar-refractivity contribution in [3.05, 3.63) is 385 Å². The second kappa shape index (κ2) is 38.6. The zero-order chi connectivity index (χ0) is 96.1. The van der Waals surface area contributed by atoms with Crippen LogP contribution in [0.2, 0.25) is 10.0 Å². The van der Waals surface area contributed by atoms with Crippen LogP contribution in [0.4, 0.5) is 40.2 Å². The predicted octanol–water partition coefficient (Wildman–Crippen LogP) is 28.2. The fourth-order valence-electron chi connectivity index (χ4n) is 18.0. The average Bonchev–Trinajstić information content (AvgIpc) is 1.61. The summed E-state index contributed by atoms with van der Waals surface area (Å²) in [5.41, 5.74) is 27.8. The van der Waals surface area contributed by atoms with Crippen molar-refractivity contribution in [3.8, 4) is 76.7 Å². The third kappa shape index (κ3) is 19.0. The van der Waals surface area contributed by atoms with Crippen molar-refractivity contribution in [1.29, 1.82) is 0 Å². The van der Waals surface area contributed by atoms with Gasteiger partial charge in [-0.25, -0.2) is 47.5 Å². The van der Waals surface area contributed by atoms with Crippen LogP contribution in [0, 0.1) is 20.8 Å². The van der Waals surface area contributed by atoms with E-state index in [1.54, 1.807) is 46.1 Å². The number of rotatable bonds is 17. The normalized spacial score (nSPS) is 12.9. The van der Waals surface area contributed by atoms with Gasteiger partial charge in [0.15, 0.2) is 45.7 Å². The van der Waals surface area contributed by atoms with Gasteiger partial charge >= 0.3 is 0 Å². The number of halogens is 2. The number of nitrogens with zero attached hydrogens (tertiary/aromatic N) is 17. The highest BCUT2D eigenvalue weighted by atomic mass is 35.5. The molecule has 17 heterocycles. The van der Waals surface area contributed by atoms with E-state index < -0.39 is 0 Å². The molecule has 1 aliphatic heterocycles. The number of fused-ring (bicyclic) bond motifs is 11. The van der Waals surface area contributed by atoms with Gasteiger partial charge in [0.2, 0.25) is 0 Å². The summed E-state index contributed by atoms with van der Waals surface area (Å²) in [5.74, 6) is 2.30. The summed E-state index contributed by atoms with van der Waals surface area (Å²) >= 11 is 17.3. The first-order chi connectivity index (χ1) is 70.1. The van der Waals surface area contributed by atoms with Gasteiger partial charge in [-0.3, -0.25) is 4.90 Å². The number of nitrogens with one attached hydrogen (secondary N) is 7. The number of thiophene rings is 3. The topological polar surface area (TPSA) is 253 Å². The number of aromatic nitrogens is 18. The zero-order valence-corrected chi connectivity index (χ0v) is 82.1. The van der Waals surface area contributed by atoms with Crippen LogP contribution in [0.5, 0.6) is 0 Å². The van der Waals surface area contributed by atoms with Crippen molar-refractivity contribution < 1.29 is 0 Å². The molecule has 0 spiro atoms. The third-order valence-corrected chi connectivity index (χ3v) is 30.1. The van der Waals surface area contributed by atoms with Crippen molar-refractivity contribution >= 4 is 189 Å². The zero-order valence-electron chi connectivity index (χ0n) is 78.1. The Balaban J connectivity index is 0.0000000966. The lowest BCUT2D eigenvalue weighted by Crippen LogP contribution is -2.43. The Bertz CT molecular complexity index is 9110. The molecule has 16 aromatic heterocycles. The fraction of sp³-hybridized carbons (Fsp3) is 0.105. The van der Waals surface area contributed by atoms with E-state index in [0.717, 1.165) is 179 Å². The molecule has 10 aromatic carbocycles. The van der Waals surface area contributed by atoms with Gasteiger partial charge in [0, 0.05) is 150 Å². The summed E-state index contributed by atoms with van der Waals surface area (Å²) in [6.07, 6.45) is 17.8. The van der Waals surface area contributed by atoms with Crippen LogP contribution in [0.3, 0.4) is 0 Å². The highest BCUT2D eigenvalue weighted by Gasteiger charge is 2.26. The molecule has 28 rings (SSSR count). The highest BCUT2D eigenvalue weighted by Crippen LogP contribution is 2.41. The minimum absolute atomic E-state index is 0.497. The molecule has 1 saturated heterocycles. The minimum Gasteiger partial charge on any atom is -0.379 e. The van der Waals surface area contributed by atoms with Crippen molar-refractivity contribution in [2.45, 2.75) is 46.2 Å². The number of anilines is 7. The summed E-state index contributed by atoms with van der Waals surface area (Å²) in [6.45, 7) is 11.9. The molecule has 0 amide bonds. The molecule has 0 atom stereocenters. The van der Waals surface area contributed by atoms with E-state index in [4.69, 9.17) is 53.7 Å². The first kappa shape index (κ1) is 89.1. The molecule has 2 aliphatic rings. The van der Waals surface area contributed by atoms with E-state index in [1.807, 2.05) is 139 Å². The van der Waals surface area contributed by atoms with Crippen LogP contribution in [-0.4, -0.2) is 137 Å². The maximum atomic E-state index is 6.10. The monoisotopic (exact) mass is 1960 g/mol. The van der Waals surface area contributed by atoms with Crippen molar-refractivity contribution in [1.82, 2.24) is 97.7 Å². The van der Waals surface area contributed by atoms with Crippen LogP contribution in [0.1, 0.15) is 35.1 Å². The number of likely N-dealkylation sites (N-methyl/N-ethyl adjacent to an activating group) is 1. The van der Waals surface area contributed by atoms with Gasteiger partial charge < -0.3 is 41.1 Å². The van der Waals surface area contributed by atoms with Crippen LogP contribution >= 0.6 is 57.2 Å². The Hall–Kier alpha value is -16.5. The van der Waals surface area contributed by atoms with Gasteiger partial charge in [-0.1, -0.05) is 138 Å². The van der Waals surface area contributed by atoms with Crippen molar-refractivity contribution in [2.24, 2.45) is 0 Å². The van der Waals surface area contributed by atoms with E-state index in [0.29, 0.717) is 21.9 Å². The van der Waals surface area contributed by atoms with E-state index in [-0.39, 0.29) is 0 Å². The molecular formula is C114H92Cl2N24S3. The second-order valence-corrected chi connectivity index (χ2v) is 40.1. The number of aryl methyl sites for hydroxylation is 3. The van der Waals surface area contributed by atoms with E-state index in [9.17, 15) is 0 Å². The lowest BCUT2D eigenvalue weighted by atomic mass is 10.1. The molecule has 0 bridgehead atoms. The number of hydrogen-bond acceptors (Lipinski definition) is 19. The molecule has 0 radical (unpaired) electrons. The summed E-state index contributed by atoms with van der Waals surface area (Å²) < 4.78 is 13.4. The van der Waals surface area contributed by atoms with Crippen LogP contribution in [0.15, 0.2) is 353 Å². The molecule has 1 aliphatic carbocycles. The molecule has 7 N–H and O–H groups in total. The Kier molecular flexibility index (Phi) is 24.1. The summed E-state index contributed by atoms with van der Waals surface area (Å²) in [7, 11) is 2.19. The molecule has 2 fully saturated rings. The Morgan fingerprint density at radius 2 is 0.790 bits per heavy atom. The third-order valence-electron chi connectivity index (χ3n) is 25.9.